The largest absolute Gasteiger partial charge is 0.351 e. The zero-order chi connectivity index (χ0) is 14.8. The minimum absolute atomic E-state index is 0.282. The first-order chi connectivity index (χ1) is 9.45. The quantitative estimate of drug-likeness (QED) is 0.911. The van der Waals surface area contributed by atoms with E-state index >= 15 is 0 Å². The number of nitrogens with one attached hydrogen (secondary N) is 1. The average Bonchev–Trinajstić information content (AvgIpc) is 2.45. The second-order valence-corrected chi connectivity index (χ2v) is 7.42. The molecule has 0 radical (unpaired) electrons. The van der Waals surface area contributed by atoms with Crippen molar-refractivity contribution in [2.75, 3.05) is 24.7 Å². The van der Waals surface area contributed by atoms with Crippen LogP contribution < -0.4 is 10.2 Å². The van der Waals surface area contributed by atoms with Crippen LogP contribution in [-0.4, -0.2) is 45.3 Å². The summed E-state index contributed by atoms with van der Waals surface area (Å²) in [5.74, 6) is 0.599. The second-order valence-electron chi connectivity index (χ2n) is 5.43. The molecular weight excluding hydrogens is 274 g/mol. The van der Waals surface area contributed by atoms with E-state index in [2.05, 4.69) is 22.1 Å². The van der Waals surface area contributed by atoms with E-state index in [0.29, 0.717) is 16.8 Å². The Morgan fingerprint density at radius 2 is 2.20 bits per heavy atom. The van der Waals surface area contributed by atoms with E-state index < -0.39 is 9.84 Å². The van der Waals surface area contributed by atoms with Gasteiger partial charge in [-0.3, -0.25) is 0 Å². The third kappa shape index (κ3) is 3.12. The van der Waals surface area contributed by atoms with Crippen molar-refractivity contribution in [3.63, 3.8) is 0 Å². The summed E-state index contributed by atoms with van der Waals surface area (Å²) in [5.41, 5.74) is 0. The van der Waals surface area contributed by atoms with E-state index in [9.17, 15) is 8.42 Å². The van der Waals surface area contributed by atoms with E-state index in [0.717, 1.165) is 19.4 Å². The Morgan fingerprint density at radius 1 is 1.45 bits per heavy atom. The number of hydrogen-bond acceptors (Lipinski definition) is 5. The maximum atomic E-state index is 12.0. The molecule has 2 atom stereocenters. The van der Waals surface area contributed by atoms with Gasteiger partial charge in [0.15, 0.2) is 9.84 Å². The lowest BCUT2D eigenvalue weighted by molar-refractivity contribution is 0.378. The molecule has 0 amide bonds. The molecule has 2 heterocycles. The summed E-state index contributed by atoms with van der Waals surface area (Å²) in [4.78, 5) is 6.84. The highest BCUT2D eigenvalue weighted by atomic mass is 32.2. The van der Waals surface area contributed by atoms with Gasteiger partial charge < -0.3 is 10.2 Å². The minimum Gasteiger partial charge on any atom is -0.351 e. The van der Waals surface area contributed by atoms with Crippen molar-refractivity contribution in [3.8, 4) is 0 Å². The smallest absolute Gasteiger partial charge is 0.179 e. The third-order valence-electron chi connectivity index (χ3n) is 4.00. The van der Waals surface area contributed by atoms with Crippen molar-refractivity contribution < 1.29 is 8.42 Å². The number of nitrogens with zero attached hydrogens (tertiary/aromatic N) is 2. The fourth-order valence-corrected chi connectivity index (χ4v) is 3.65. The molecule has 0 aliphatic carbocycles. The number of sulfone groups is 1. The summed E-state index contributed by atoms with van der Waals surface area (Å²) in [6.45, 7) is 2.99. The molecule has 6 heteroatoms. The monoisotopic (exact) mass is 297 g/mol. The molecule has 2 unspecified atom stereocenters. The predicted molar refractivity (Wildman–Crippen MR) is 80.9 cm³/mol. The van der Waals surface area contributed by atoms with E-state index in [1.165, 1.54) is 12.7 Å². The number of piperidine rings is 1. The van der Waals surface area contributed by atoms with Crippen LogP contribution in [0.2, 0.25) is 0 Å². The molecule has 1 aromatic rings. The number of likely N-dealkylation sites (N-methyl/N-ethyl adjacent to an activating group) is 1. The zero-order valence-corrected chi connectivity index (χ0v) is 13.2. The first-order valence-corrected chi connectivity index (χ1v) is 8.93. The predicted octanol–water partition coefficient (Wildman–Crippen LogP) is 1.45. The van der Waals surface area contributed by atoms with Crippen LogP contribution in [0, 0.1) is 0 Å². The highest BCUT2D eigenvalue weighted by Crippen LogP contribution is 2.29. The summed E-state index contributed by atoms with van der Waals surface area (Å²) >= 11 is 0. The Hall–Kier alpha value is -1.14. The number of pyridine rings is 1. The Morgan fingerprint density at radius 3 is 2.85 bits per heavy atom. The van der Waals surface area contributed by atoms with Gasteiger partial charge in [0.2, 0.25) is 0 Å². The average molecular weight is 297 g/mol. The number of aromatic nitrogens is 1. The third-order valence-corrected chi connectivity index (χ3v) is 5.12. The number of hydrogen-bond donors (Lipinski definition) is 1. The van der Waals surface area contributed by atoms with Gasteiger partial charge in [-0.1, -0.05) is 0 Å². The molecule has 112 valence electrons. The van der Waals surface area contributed by atoms with Crippen molar-refractivity contribution >= 4 is 15.7 Å². The molecule has 1 saturated heterocycles. The lowest BCUT2D eigenvalue weighted by atomic mass is 9.96. The molecule has 1 aromatic heterocycles. The molecule has 0 spiro atoms. The van der Waals surface area contributed by atoms with E-state index in [4.69, 9.17) is 0 Å². The highest BCUT2D eigenvalue weighted by molar-refractivity contribution is 7.90. The Balaban J connectivity index is 2.43. The molecule has 0 saturated carbocycles. The maximum Gasteiger partial charge on any atom is 0.179 e. The fraction of sp³-hybridized carbons (Fsp3) is 0.643. The topological polar surface area (TPSA) is 62.3 Å². The summed E-state index contributed by atoms with van der Waals surface area (Å²) in [5, 5.41) is 3.27. The normalized spacial score (nSPS) is 21.8. The minimum atomic E-state index is -3.26. The van der Waals surface area contributed by atoms with Gasteiger partial charge in [-0.15, -0.1) is 0 Å². The molecule has 5 nitrogen and oxygen atoms in total. The SMILES string of the molecule is CNC(C)C1CCCCN1c1ncccc1S(C)(=O)=O. The van der Waals surface area contributed by atoms with Gasteiger partial charge in [-0.2, -0.15) is 0 Å². The van der Waals surface area contributed by atoms with Gasteiger partial charge in [-0.25, -0.2) is 13.4 Å². The van der Waals surface area contributed by atoms with Crippen LogP contribution in [0.5, 0.6) is 0 Å². The highest BCUT2D eigenvalue weighted by Gasteiger charge is 2.30. The molecule has 20 heavy (non-hydrogen) atoms. The number of rotatable bonds is 4. The van der Waals surface area contributed by atoms with E-state index in [1.807, 2.05) is 7.05 Å². The van der Waals surface area contributed by atoms with Crippen LogP contribution in [0.4, 0.5) is 5.82 Å². The summed E-state index contributed by atoms with van der Waals surface area (Å²) in [6, 6.07) is 3.90. The molecule has 1 aliphatic heterocycles. The second kappa shape index (κ2) is 6.10. The molecule has 2 rings (SSSR count). The lowest BCUT2D eigenvalue weighted by Gasteiger charge is -2.40. The zero-order valence-electron chi connectivity index (χ0n) is 12.3. The lowest BCUT2D eigenvalue weighted by Crippen LogP contribution is -2.51. The summed E-state index contributed by atoms with van der Waals surface area (Å²) in [6.07, 6.45) is 6.22. The molecular formula is C14H23N3O2S. The standard InChI is InChI=1S/C14H23N3O2S/c1-11(15-2)12-7-4-5-10-17(12)14-13(20(3,18)19)8-6-9-16-14/h6,8-9,11-12,15H,4-5,7,10H2,1-3H3. The number of anilines is 1. The Bertz CT molecular complexity index is 559. The van der Waals surface area contributed by atoms with Crippen molar-refractivity contribution in [1.82, 2.24) is 10.3 Å². The van der Waals surface area contributed by atoms with Crippen molar-refractivity contribution in [1.29, 1.82) is 0 Å². The Kier molecular flexibility index (Phi) is 4.65. The van der Waals surface area contributed by atoms with Crippen molar-refractivity contribution in [2.24, 2.45) is 0 Å². The van der Waals surface area contributed by atoms with Crippen LogP contribution in [0.15, 0.2) is 23.2 Å². The summed E-state index contributed by atoms with van der Waals surface area (Å²) < 4.78 is 23.9. The van der Waals surface area contributed by atoms with Crippen LogP contribution in [0.1, 0.15) is 26.2 Å². The van der Waals surface area contributed by atoms with Crippen LogP contribution in [0.3, 0.4) is 0 Å². The van der Waals surface area contributed by atoms with Gasteiger partial charge in [0.25, 0.3) is 0 Å². The van der Waals surface area contributed by atoms with Gasteiger partial charge >= 0.3 is 0 Å². The fourth-order valence-electron chi connectivity index (χ4n) is 2.82. The Labute approximate surface area is 121 Å². The summed E-state index contributed by atoms with van der Waals surface area (Å²) in [7, 11) is -1.33. The molecule has 1 N–H and O–H groups in total. The van der Waals surface area contributed by atoms with Crippen LogP contribution in [0.25, 0.3) is 0 Å². The molecule has 1 aliphatic rings. The molecule has 1 fully saturated rings. The van der Waals surface area contributed by atoms with Gasteiger partial charge in [0, 0.05) is 31.1 Å². The maximum absolute atomic E-state index is 12.0. The molecule has 0 aromatic carbocycles. The van der Waals surface area contributed by atoms with Crippen molar-refractivity contribution in [2.45, 2.75) is 43.2 Å². The van der Waals surface area contributed by atoms with Crippen molar-refractivity contribution in [3.05, 3.63) is 18.3 Å². The van der Waals surface area contributed by atoms with Crippen LogP contribution >= 0.6 is 0 Å². The first kappa shape index (κ1) is 15.3. The van der Waals surface area contributed by atoms with Gasteiger partial charge in [0.05, 0.1) is 0 Å². The first-order valence-electron chi connectivity index (χ1n) is 7.04. The van der Waals surface area contributed by atoms with E-state index in [1.54, 1.807) is 18.3 Å². The van der Waals surface area contributed by atoms with Gasteiger partial charge in [0.1, 0.15) is 10.7 Å². The van der Waals surface area contributed by atoms with Gasteiger partial charge in [-0.05, 0) is 45.4 Å². The van der Waals surface area contributed by atoms with E-state index in [-0.39, 0.29) is 6.04 Å². The van der Waals surface area contributed by atoms with Crippen LogP contribution in [-0.2, 0) is 9.84 Å². The molecule has 0 bridgehead atoms.